The van der Waals surface area contributed by atoms with Gasteiger partial charge in [-0.1, -0.05) is 11.6 Å². The second-order valence-corrected chi connectivity index (χ2v) is 5.35. The fraction of sp³-hybridized carbons (Fsp3) is 0.333. The van der Waals surface area contributed by atoms with Crippen LogP contribution in [0.15, 0.2) is 18.2 Å². The highest BCUT2D eigenvalue weighted by atomic mass is 35.5. The molecule has 0 atom stereocenters. The van der Waals surface area contributed by atoms with Gasteiger partial charge in [0.1, 0.15) is 5.75 Å². The molecule has 0 unspecified atom stereocenters. The van der Waals surface area contributed by atoms with E-state index in [9.17, 15) is 4.79 Å². The van der Waals surface area contributed by atoms with Crippen molar-refractivity contribution in [1.82, 2.24) is 9.78 Å². The molecule has 1 amide bonds. The predicted molar refractivity (Wildman–Crippen MR) is 83.0 cm³/mol. The zero-order valence-electron chi connectivity index (χ0n) is 12.5. The number of anilines is 1. The van der Waals surface area contributed by atoms with Crippen LogP contribution in [0.5, 0.6) is 5.75 Å². The summed E-state index contributed by atoms with van der Waals surface area (Å²) in [5.41, 5.74) is 3.32. The molecule has 0 saturated heterocycles. The van der Waals surface area contributed by atoms with E-state index in [4.69, 9.17) is 16.3 Å². The minimum atomic E-state index is -0.219. The van der Waals surface area contributed by atoms with Gasteiger partial charge in [0.25, 0.3) is 5.91 Å². The third-order valence-corrected chi connectivity index (χ3v) is 3.50. The Morgan fingerprint density at radius 3 is 2.67 bits per heavy atom. The first-order valence-electron chi connectivity index (χ1n) is 6.57. The van der Waals surface area contributed by atoms with Gasteiger partial charge < -0.3 is 10.1 Å². The average Bonchev–Trinajstić information content (AvgIpc) is 2.64. The molecular weight excluding hydrogens is 290 g/mol. The van der Waals surface area contributed by atoms with Crippen LogP contribution in [-0.2, 0) is 11.8 Å². The summed E-state index contributed by atoms with van der Waals surface area (Å²) < 4.78 is 7.25. The predicted octanol–water partition coefficient (Wildman–Crippen LogP) is 3.02. The molecule has 2 rings (SSSR count). The Morgan fingerprint density at radius 1 is 1.38 bits per heavy atom. The summed E-state index contributed by atoms with van der Waals surface area (Å²) in [6, 6.07) is 5.28. The number of nitrogens with one attached hydrogen (secondary N) is 1. The van der Waals surface area contributed by atoms with E-state index in [2.05, 4.69) is 10.4 Å². The number of halogens is 1. The number of carbonyl (C=O) groups is 1. The summed E-state index contributed by atoms with van der Waals surface area (Å²) in [4.78, 5) is 12.0. The molecule has 1 heterocycles. The number of carbonyl (C=O) groups excluding carboxylic acids is 1. The van der Waals surface area contributed by atoms with E-state index in [0.717, 1.165) is 22.6 Å². The van der Waals surface area contributed by atoms with Crippen molar-refractivity contribution in [2.75, 3.05) is 11.9 Å². The maximum atomic E-state index is 12.0. The van der Waals surface area contributed by atoms with Crippen LogP contribution in [0.3, 0.4) is 0 Å². The quantitative estimate of drug-likeness (QED) is 0.944. The summed E-state index contributed by atoms with van der Waals surface area (Å²) >= 11 is 5.88. The Labute approximate surface area is 128 Å². The van der Waals surface area contributed by atoms with Crippen molar-refractivity contribution < 1.29 is 9.53 Å². The zero-order valence-corrected chi connectivity index (χ0v) is 13.3. The van der Waals surface area contributed by atoms with E-state index in [1.165, 1.54) is 0 Å². The molecule has 0 saturated carbocycles. The Kier molecular flexibility index (Phi) is 4.53. The topological polar surface area (TPSA) is 56.1 Å². The number of aromatic nitrogens is 2. The van der Waals surface area contributed by atoms with Crippen molar-refractivity contribution in [1.29, 1.82) is 0 Å². The Balaban J connectivity index is 1.99. The highest BCUT2D eigenvalue weighted by Crippen LogP contribution is 2.22. The van der Waals surface area contributed by atoms with Crippen molar-refractivity contribution in [2.45, 2.75) is 20.8 Å². The van der Waals surface area contributed by atoms with Gasteiger partial charge in [0.05, 0.1) is 17.1 Å². The van der Waals surface area contributed by atoms with Crippen LogP contribution in [0.25, 0.3) is 0 Å². The highest BCUT2D eigenvalue weighted by molar-refractivity contribution is 6.30. The highest BCUT2D eigenvalue weighted by Gasteiger charge is 2.13. The van der Waals surface area contributed by atoms with Crippen LogP contribution >= 0.6 is 11.6 Å². The van der Waals surface area contributed by atoms with Gasteiger partial charge in [-0.05, 0) is 44.5 Å². The molecule has 0 spiro atoms. The Morgan fingerprint density at radius 2 is 2.10 bits per heavy atom. The third-order valence-electron chi connectivity index (χ3n) is 3.27. The number of hydrogen-bond acceptors (Lipinski definition) is 3. The van der Waals surface area contributed by atoms with E-state index in [1.54, 1.807) is 22.9 Å². The molecule has 0 radical (unpaired) electrons. The molecule has 5 nitrogen and oxygen atoms in total. The minimum absolute atomic E-state index is 0.0593. The number of rotatable bonds is 4. The van der Waals surface area contributed by atoms with E-state index in [-0.39, 0.29) is 12.5 Å². The molecule has 1 N–H and O–H groups in total. The summed E-state index contributed by atoms with van der Waals surface area (Å²) in [5.74, 6) is 0.428. The molecule has 21 heavy (non-hydrogen) atoms. The first-order chi connectivity index (χ1) is 9.88. The molecule has 0 fully saturated rings. The van der Waals surface area contributed by atoms with Gasteiger partial charge in [-0.25, -0.2) is 0 Å². The molecule has 0 bridgehead atoms. The van der Waals surface area contributed by atoms with Crippen LogP contribution in [-0.4, -0.2) is 22.3 Å². The number of hydrogen-bond donors (Lipinski definition) is 1. The molecule has 2 aromatic rings. The molecule has 1 aromatic carbocycles. The number of nitrogens with zero attached hydrogens (tertiary/aromatic N) is 2. The van der Waals surface area contributed by atoms with Crippen molar-refractivity contribution in [3.05, 3.63) is 40.2 Å². The molecule has 0 aliphatic carbocycles. The normalized spacial score (nSPS) is 10.5. The monoisotopic (exact) mass is 307 g/mol. The molecule has 0 aliphatic rings. The standard InChI is InChI=1S/C15H18ClN3O2/c1-9-7-12(16)5-6-13(9)21-8-14(20)17-15-10(2)18-19(4)11(15)3/h5-7H,8H2,1-4H3,(H,17,20). The minimum Gasteiger partial charge on any atom is -0.483 e. The van der Waals surface area contributed by atoms with Crippen molar-refractivity contribution in [3.8, 4) is 5.75 Å². The van der Waals surface area contributed by atoms with Gasteiger partial charge in [-0.2, -0.15) is 5.10 Å². The maximum absolute atomic E-state index is 12.0. The van der Waals surface area contributed by atoms with Gasteiger partial charge >= 0.3 is 0 Å². The Bertz CT molecular complexity index is 680. The van der Waals surface area contributed by atoms with Gasteiger partial charge in [0.15, 0.2) is 6.61 Å². The lowest BCUT2D eigenvalue weighted by molar-refractivity contribution is -0.118. The molecular formula is C15H18ClN3O2. The summed E-state index contributed by atoms with van der Waals surface area (Å²) in [7, 11) is 1.84. The van der Waals surface area contributed by atoms with Crippen molar-refractivity contribution >= 4 is 23.2 Å². The maximum Gasteiger partial charge on any atom is 0.262 e. The van der Waals surface area contributed by atoms with E-state index < -0.39 is 0 Å². The lowest BCUT2D eigenvalue weighted by Crippen LogP contribution is -2.21. The summed E-state index contributed by atoms with van der Waals surface area (Å²) in [5, 5.41) is 7.72. The lowest BCUT2D eigenvalue weighted by Gasteiger charge is -2.10. The van der Waals surface area contributed by atoms with Gasteiger partial charge in [0.2, 0.25) is 0 Å². The van der Waals surface area contributed by atoms with Gasteiger partial charge in [0, 0.05) is 12.1 Å². The second-order valence-electron chi connectivity index (χ2n) is 4.92. The molecule has 0 aliphatic heterocycles. The van der Waals surface area contributed by atoms with Gasteiger partial charge in [-0.3, -0.25) is 9.48 Å². The fourth-order valence-electron chi connectivity index (χ4n) is 2.05. The fourth-order valence-corrected chi connectivity index (χ4v) is 2.27. The molecule has 1 aromatic heterocycles. The van der Waals surface area contributed by atoms with Crippen LogP contribution in [0.2, 0.25) is 5.02 Å². The van der Waals surface area contributed by atoms with E-state index >= 15 is 0 Å². The van der Waals surface area contributed by atoms with Crippen LogP contribution < -0.4 is 10.1 Å². The van der Waals surface area contributed by atoms with Gasteiger partial charge in [-0.15, -0.1) is 0 Å². The number of aryl methyl sites for hydroxylation is 3. The van der Waals surface area contributed by atoms with E-state index in [0.29, 0.717) is 10.8 Å². The van der Waals surface area contributed by atoms with Crippen molar-refractivity contribution in [2.24, 2.45) is 7.05 Å². The molecule has 112 valence electrons. The zero-order chi connectivity index (χ0) is 15.6. The van der Waals surface area contributed by atoms with Crippen LogP contribution in [0.4, 0.5) is 5.69 Å². The third kappa shape index (κ3) is 3.55. The lowest BCUT2D eigenvalue weighted by atomic mass is 10.2. The number of ether oxygens (including phenoxy) is 1. The summed E-state index contributed by atoms with van der Waals surface area (Å²) in [6.07, 6.45) is 0. The Hall–Kier alpha value is -2.01. The van der Waals surface area contributed by atoms with Crippen molar-refractivity contribution in [3.63, 3.8) is 0 Å². The van der Waals surface area contributed by atoms with Crippen LogP contribution in [0.1, 0.15) is 17.0 Å². The first kappa shape index (κ1) is 15.4. The number of benzene rings is 1. The second kappa shape index (κ2) is 6.18. The number of amides is 1. The van der Waals surface area contributed by atoms with Crippen LogP contribution in [0, 0.1) is 20.8 Å². The average molecular weight is 308 g/mol. The smallest absolute Gasteiger partial charge is 0.262 e. The first-order valence-corrected chi connectivity index (χ1v) is 6.95. The largest absolute Gasteiger partial charge is 0.483 e. The molecule has 6 heteroatoms. The van der Waals surface area contributed by atoms with E-state index in [1.807, 2.05) is 27.8 Å². The SMILES string of the molecule is Cc1cc(Cl)ccc1OCC(=O)Nc1c(C)nn(C)c1C. The summed E-state index contributed by atoms with van der Waals surface area (Å²) in [6.45, 7) is 5.58.